The maximum absolute atomic E-state index is 12.5. The average Bonchev–Trinajstić information content (AvgIpc) is 3.23. The molecule has 2 aromatic rings. The lowest BCUT2D eigenvalue weighted by molar-refractivity contribution is 0.0413. The lowest BCUT2D eigenvalue weighted by Gasteiger charge is -2.28. The fourth-order valence-corrected chi connectivity index (χ4v) is 4.00. The summed E-state index contributed by atoms with van der Waals surface area (Å²) in [6, 6.07) is 7.37. The van der Waals surface area contributed by atoms with Crippen molar-refractivity contribution in [2.75, 3.05) is 33.4 Å². The van der Waals surface area contributed by atoms with Gasteiger partial charge in [-0.25, -0.2) is 4.79 Å². The molecule has 174 valence electrons. The number of benzene rings is 1. The number of hydrogen-bond donors (Lipinski definition) is 2. The first-order valence-corrected chi connectivity index (χ1v) is 10.6. The molecule has 2 aliphatic rings. The van der Waals surface area contributed by atoms with Crippen LogP contribution in [0.25, 0.3) is 0 Å². The number of H-pyrrole nitrogens is 1. The number of nitrogens with one attached hydrogen (secondary N) is 1. The third-order valence-electron chi connectivity index (χ3n) is 5.68. The number of amides is 1. The van der Waals surface area contributed by atoms with Crippen molar-refractivity contribution in [2.45, 2.75) is 32.1 Å². The summed E-state index contributed by atoms with van der Waals surface area (Å²) < 4.78 is 22.0. The number of morpholine rings is 1. The second kappa shape index (κ2) is 8.67. The second-order valence-electron chi connectivity index (χ2n) is 8.87. The molecule has 1 aromatic carbocycles. The molecule has 10 nitrogen and oxygen atoms in total. The first-order chi connectivity index (χ1) is 15.7. The van der Waals surface area contributed by atoms with Crippen molar-refractivity contribution in [3.63, 3.8) is 0 Å². The molecule has 0 aliphatic carbocycles. The second-order valence-corrected chi connectivity index (χ2v) is 8.87. The number of nitrogens with two attached hydrogens (primary N) is 1. The number of carbonyl (C=O) groups is 1. The van der Waals surface area contributed by atoms with E-state index >= 15 is 0 Å². The van der Waals surface area contributed by atoms with Crippen molar-refractivity contribution in [1.29, 1.82) is 5.26 Å². The Morgan fingerprint density at radius 3 is 2.67 bits per heavy atom. The minimum atomic E-state index is -0.524. The summed E-state index contributed by atoms with van der Waals surface area (Å²) in [5, 5.41) is 17.2. The average molecular weight is 453 g/mol. The molecule has 3 N–H and O–H groups in total. The molecule has 3 heterocycles. The van der Waals surface area contributed by atoms with Crippen LogP contribution in [-0.2, 0) is 10.2 Å². The molecule has 10 heteroatoms. The number of aromatic nitrogens is 2. The molecule has 0 spiro atoms. The Kier molecular flexibility index (Phi) is 5.91. The molecule has 1 atom stereocenters. The maximum atomic E-state index is 12.5. The van der Waals surface area contributed by atoms with Gasteiger partial charge >= 0.3 is 6.09 Å². The third kappa shape index (κ3) is 4.19. The molecule has 4 rings (SSSR count). The fourth-order valence-electron chi connectivity index (χ4n) is 4.00. The van der Waals surface area contributed by atoms with Crippen LogP contribution in [0.3, 0.4) is 0 Å². The Morgan fingerprint density at radius 1 is 1.30 bits per heavy atom. The smallest absolute Gasteiger partial charge is 0.415 e. The van der Waals surface area contributed by atoms with Crippen molar-refractivity contribution in [2.24, 2.45) is 5.73 Å². The van der Waals surface area contributed by atoms with Gasteiger partial charge in [-0.15, -0.1) is 5.10 Å². The highest BCUT2D eigenvalue weighted by atomic mass is 16.6. The van der Waals surface area contributed by atoms with E-state index in [1.165, 1.54) is 7.11 Å². The molecule has 0 radical (unpaired) electrons. The number of methoxy groups -OCH3 is 1. The summed E-state index contributed by atoms with van der Waals surface area (Å²) in [5.74, 6) is 0.458. The van der Waals surface area contributed by atoms with Gasteiger partial charge in [-0.3, -0.25) is 5.10 Å². The van der Waals surface area contributed by atoms with E-state index in [0.717, 1.165) is 16.8 Å². The van der Waals surface area contributed by atoms with Gasteiger partial charge in [-0.05, 0) is 17.7 Å². The van der Waals surface area contributed by atoms with Crippen LogP contribution in [0.1, 0.15) is 43.5 Å². The number of nitriles is 1. The molecule has 1 fully saturated rings. The highest BCUT2D eigenvalue weighted by Crippen LogP contribution is 2.46. The highest BCUT2D eigenvalue weighted by molar-refractivity contribution is 5.72. The summed E-state index contributed by atoms with van der Waals surface area (Å²) in [4.78, 5) is 14.1. The summed E-state index contributed by atoms with van der Waals surface area (Å²) >= 11 is 0. The minimum absolute atomic E-state index is 0.00347. The lowest BCUT2D eigenvalue weighted by atomic mass is 9.79. The molecular weight excluding hydrogens is 426 g/mol. The van der Waals surface area contributed by atoms with E-state index in [0.29, 0.717) is 37.9 Å². The topological polar surface area (TPSA) is 136 Å². The molecule has 0 bridgehead atoms. The maximum Gasteiger partial charge on any atom is 0.415 e. The number of allylic oxidation sites excluding steroid dienone is 1. The van der Waals surface area contributed by atoms with E-state index in [4.69, 9.17) is 24.7 Å². The van der Waals surface area contributed by atoms with Gasteiger partial charge in [0.1, 0.15) is 11.6 Å². The van der Waals surface area contributed by atoms with Crippen LogP contribution in [0.4, 0.5) is 4.79 Å². The number of ether oxygens (including phenoxy) is 4. The Morgan fingerprint density at radius 2 is 2.03 bits per heavy atom. The largest absolute Gasteiger partial charge is 0.493 e. The van der Waals surface area contributed by atoms with Gasteiger partial charge in [0, 0.05) is 24.2 Å². The lowest BCUT2D eigenvalue weighted by Crippen LogP contribution is -2.42. The van der Waals surface area contributed by atoms with Crippen molar-refractivity contribution in [3.05, 3.63) is 46.5 Å². The Balaban J connectivity index is 1.73. The molecule has 2 aliphatic heterocycles. The van der Waals surface area contributed by atoms with Crippen LogP contribution in [-0.4, -0.2) is 54.6 Å². The van der Waals surface area contributed by atoms with Crippen molar-refractivity contribution >= 4 is 6.09 Å². The Labute approximate surface area is 191 Å². The van der Waals surface area contributed by atoms with Crippen LogP contribution in [0, 0.1) is 11.3 Å². The predicted molar refractivity (Wildman–Crippen MR) is 118 cm³/mol. The number of nitrogens with zero attached hydrogens (tertiary/aromatic N) is 3. The van der Waals surface area contributed by atoms with E-state index < -0.39 is 12.0 Å². The zero-order valence-corrected chi connectivity index (χ0v) is 19.1. The van der Waals surface area contributed by atoms with Gasteiger partial charge in [-0.2, -0.15) is 5.26 Å². The standard InChI is InChI=1S/C23H27N5O5/c1-23(2,3)19-18-17(14(12-24)20(25)33-21(18)27-26-19)13-5-6-15(16(11-13)30-4)32-22(29)28-7-9-31-10-8-28/h5-6,11,17H,7-10,25H2,1-4H3,(H,26,27). The first kappa shape index (κ1) is 22.5. The molecule has 1 unspecified atom stereocenters. The number of aromatic amines is 1. The number of carbonyl (C=O) groups excluding carboxylic acids is 1. The van der Waals surface area contributed by atoms with Crippen molar-refractivity contribution in [3.8, 4) is 23.4 Å². The van der Waals surface area contributed by atoms with Gasteiger partial charge in [0.25, 0.3) is 0 Å². The van der Waals surface area contributed by atoms with Crippen LogP contribution in [0.5, 0.6) is 17.4 Å². The van der Waals surface area contributed by atoms with Crippen LogP contribution in [0.15, 0.2) is 29.7 Å². The van der Waals surface area contributed by atoms with Crippen molar-refractivity contribution < 1.29 is 23.7 Å². The molecule has 1 saturated heterocycles. The van der Waals surface area contributed by atoms with Gasteiger partial charge in [0.15, 0.2) is 11.5 Å². The van der Waals surface area contributed by atoms with Gasteiger partial charge in [0.2, 0.25) is 11.8 Å². The normalized spacial score (nSPS) is 18.3. The van der Waals surface area contributed by atoms with Crippen LogP contribution in [0.2, 0.25) is 0 Å². The SMILES string of the molecule is COc1cc(C2C(C#N)=C(N)Oc3n[nH]c(C(C)(C)C)c32)ccc1OC(=O)N1CCOCC1. The summed E-state index contributed by atoms with van der Waals surface area (Å²) in [5.41, 5.74) is 8.36. The monoisotopic (exact) mass is 453 g/mol. The predicted octanol–water partition coefficient (Wildman–Crippen LogP) is 2.76. The van der Waals surface area contributed by atoms with E-state index in [1.807, 2.05) is 20.8 Å². The molecular formula is C23H27N5O5. The highest BCUT2D eigenvalue weighted by Gasteiger charge is 2.38. The van der Waals surface area contributed by atoms with E-state index in [-0.39, 0.29) is 22.6 Å². The Hall–Kier alpha value is -3.71. The molecule has 1 aromatic heterocycles. The molecule has 0 saturated carbocycles. The first-order valence-electron chi connectivity index (χ1n) is 10.6. The number of fused-ring (bicyclic) bond motifs is 1. The van der Waals surface area contributed by atoms with Crippen LogP contribution < -0.4 is 19.9 Å². The van der Waals surface area contributed by atoms with Gasteiger partial charge in [0.05, 0.1) is 31.8 Å². The summed E-state index contributed by atoms with van der Waals surface area (Å²) in [6.45, 7) is 8.01. The van der Waals surface area contributed by atoms with E-state index in [2.05, 4.69) is 16.3 Å². The summed E-state index contributed by atoms with van der Waals surface area (Å²) in [7, 11) is 1.49. The van der Waals surface area contributed by atoms with Gasteiger partial charge < -0.3 is 29.6 Å². The number of rotatable bonds is 3. The minimum Gasteiger partial charge on any atom is -0.493 e. The molecule has 1 amide bonds. The van der Waals surface area contributed by atoms with Gasteiger partial charge in [-0.1, -0.05) is 26.8 Å². The third-order valence-corrected chi connectivity index (χ3v) is 5.68. The zero-order chi connectivity index (χ0) is 23.8. The van der Waals surface area contributed by atoms with Crippen molar-refractivity contribution in [1.82, 2.24) is 15.1 Å². The zero-order valence-electron chi connectivity index (χ0n) is 19.1. The summed E-state index contributed by atoms with van der Waals surface area (Å²) in [6.07, 6.45) is -0.468. The van der Waals surface area contributed by atoms with E-state index in [1.54, 1.807) is 23.1 Å². The fraction of sp³-hybridized carbons (Fsp3) is 0.435. The Bertz CT molecular complexity index is 1140. The van der Waals surface area contributed by atoms with E-state index in [9.17, 15) is 10.1 Å². The molecule has 33 heavy (non-hydrogen) atoms. The number of hydrogen-bond acceptors (Lipinski definition) is 8. The van der Waals surface area contributed by atoms with Crippen LogP contribution >= 0.6 is 0 Å². The quantitative estimate of drug-likeness (QED) is 0.724.